The second-order valence-electron chi connectivity index (χ2n) is 5.83. The molecule has 1 aromatic carbocycles. The zero-order valence-electron chi connectivity index (χ0n) is 13.6. The first-order valence-corrected chi connectivity index (χ1v) is 7.76. The Hall–Kier alpha value is -2.95. The number of likely N-dealkylation sites (N-methyl/N-ethyl adjacent to an activating group) is 1. The molecule has 24 heavy (non-hydrogen) atoms. The number of rotatable bonds is 4. The minimum absolute atomic E-state index is 0.112. The van der Waals surface area contributed by atoms with E-state index >= 15 is 0 Å². The lowest BCUT2D eigenvalue weighted by Crippen LogP contribution is -2.40. The molecular formula is C19H19N3O2. The molecule has 0 bridgehead atoms. The van der Waals surface area contributed by atoms with Gasteiger partial charge >= 0.3 is 0 Å². The molecule has 5 nitrogen and oxygen atoms in total. The van der Waals surface area contributed by atoms with E-state index in [9.17, 15) is 9.59 Å². The number of nitrogens with zero attached hydrogens (tertiary/aromatic N) is 3. The van der Waals surface area contributed by atoms with Gasteiger partial charge < -0.3 is 9.80 Å². The van der Waals surface area contributed by atoms with Gasteiger partial charge in [-0.15, -0.1) is 0 Å². The van der Waals surface area contributed by atoms with Crippen LogP contribution < -0.4 is 0 Å². The summed E-state index contributed by atoms with van der Waals surface area (Å²) in [6.45, 7) is 4.42. The SMILES string of the molecule is C=CC(=O)N1Cc2ccccc2C1C(=O)N(C)Cc1cccnc1. The van der Waals surface area contributed by atoms with Crippen LogP contribution in [-0.4, -0.2) is 33.6 Å². The maximum absolute atomic E-state index is 13.0. The highest BCUT2D eigenvalue weighted by atomic mass is 16.2. The van der Waals surface area contributed by atoms with Crippen molar-refractivity contribution in [3.8, 4) is 0 Å². The lowest BCUT2D eigenvalue weighted by atomic mass is 10.0. The average Bonchev–Trinajstić information content (AvgIpc) is 3.00. The Balaban J connectivity index is 1.87. The molecule has 0 N–H and O–H groups in total. The van der Waals surface area contributed by atoms with Crippen LogP contribution in [0.5, 0.6) is 0 Å². The third-order valence-electron chi connectivity index (χ3n) is 4.21. The third-order valence-corrected chi connectivity index (χ3v) is 4.21. The van der Waals surface area contributed by atoms with E-state index in [1.807, 2.05) is 36.4 Å². The molecule has 0 saturated carbocycles. The van der Waals surface area contributed by atoms with E-state index in [2.05, 4.69) is 11.6 Å². The summed E-state index contributed by atoms with van der Waals surface area (Å²) >= 11 is 0. The minimum Gasteiger partial charge on any atom is -0.339 e. The summed E-state index contributed by atoms with van der Waals surface area (Å²) in [5.41, 5.74) is 2.83. The molecule has 2 aromatic rings. The standard InChI is InChI=1S/C19H19N3O2/c1-3-17(23)22-13-15-8-4-5-9-16(15)18(22)19(24)21(2)12-14-7-6-10-20-11-14/h3-11,18H,1,12-13H2,2H3. The summed E-state index contributed by atoms with van der Waals surface area (Å²) in [6.07, 6.45) is 4.69. The maximum Gasteiger partial charge on any atom is 0.250 e. The van der Waals surface area contributed by atoms with Crippen LogP contribution in [0, 0.1) is 0 Å². The van der Waals surface area contributed by atoms with Gasteiger partial charge in [-0.25, -0.2) is 0 Å². The van der Waals surface area contributed by atoms with Gasteiger partial charge in [0.15, 0.2) is 0 Å². The van der Waals surface area contributed by atoms with E-state index in [0.29, 0.717) is 13.1 Å². The molecule has 1 atom stereocenters. The summed E-state index contributed by atoms with van der Waals surface area (Å²) < 4.78 is 0. The van der Waals surface area contributed by atoms with Crippen molar-refractivity contribution in [3.05, 3.63) is 78.1 Å². The fraction of sp³-hybridized carbons (Fsp3) is 0.211. The van der Waals surface area contributed by atoms with E-state index in [1.165, 1.54) is 6.08 Å². The zero-order chi connectivity index (χ0) is 17.1. The summed E-state index contributed by atoms with van der Waals surface area (Å²) in [6, 6.07) is 10.8. The molecule has 0 fully saturated rings. The van der Waals surface area contributed by atoms with Crippen molar-refractivity contribution in [1.82, 2.24) is 14.8 Å². The first-order chi connectivity index (χ1) is 11.6. The van der Waals surface area contributed by atoms with Gasteiger partial charge in [0.2, 0.25) is 11.8 Å². The van der Waals surface area contributed by atoms with Gasteiger partial charge in [0.1, 0.15) is 6.04 Å². The van der Waals surface area contributed by atoms with Gasteiger partial charge in [-0.2, -0.15) is 0 Å². The first kappa shape index (κ1) is 15.9. The van der Waals surface area contributed by atoms with E-state index in [1.54, 1.807) is 29.2 Å². The number of amides is 2. The van der Waals surface area contributed by atoms with E-state index < -0.39 is 6.04 Å². The van der Waals surface area contributed by atoms with Crippen molar-refractivity contribution >= 4 is 11.8 Å². The molecule has 0 spiro atoms. The number of carbonyl (C=O) groups is 2. The van der Waals surface area contributed by atoms with Crippen molar-refractivity contribution in [2.24, 2.45) is 0 Å². The number of hydrogen-bond acceptors (Lipinski definition) is 3. The van der Waals surface area contributed by atoms with Gasteiger partial charge in [0.25, 0.3) is 0 Å². The van der Waals surface area contributed by atoms with Gasteiger partial charge in [-0.3, -0.25) is 14.6 Å². The lowest BCUT2D eigenvalue weighted by Gasteiger charge is -2.28. The van der Waals surface area contributed by atoms with Gasteiger partial charge in [0, 0.05) is 32.5 Å². The Morgan fingerprint density at radius 3 is 2.83 bits per heavy atom. The topological polar surface area (TPSA) is 53.5 Å². The summed E-state index contributed by atoms with van der Waals surface area (Å²) in [7, 11) is 1.74. The smallest absolute Gasteiger partial charge is 0.250 e. The molecule has 1 aliphatic heterocycles. The number of fused-ring (bicyclic) bond motifs is 1. The number of pyridine rings is 1. The van der Waals surface area contributed by atoms with Crippen molar-refractivity contribution in [3.63, 3.8) is 0 Å². The molecule has 1 aliphatic rings. The predicted molar refractivity (Wildman–Crippen MR) is 90.6 cm³/mol. The number of hydrogen-bond donors (Lipinski definition) is 0. The van der Waals surface area contributed by atoms with Crippen molar-refractivity contribution < 1.29 is 9.59 Å². The van der Waals surface area contributed by atoms with Crippen molar-refractivity contribution in [1.29, 1.82) is 0 Å². The Morgan fingerprint density at radius 1 is 1.33 bits per heavy atom. The molecule has 2 heterocycles. The Bertz CT molecular complexity index is 773. The van der Waals surface area contributed by atoms with Crippen LogP contribution in [0.25, 0.3) is 0 Å². The fourth-order valence-corrected chi connectivity index (χ4v) is 3.03. The quantitative estimate of drug-likeness (QED) is 0.812. The highest BCUT2D eigenvalue weighted by Crippen LogP contribution is 2.35. The van der Waals surface area contributed by atoms with Gasteiger partial charge in [-0.1, -0.05) is 36.9 Å². The molecule has 1 aromatic heterocycles. The van der Waals surface area contributed by atoms with Crippen LogP contribution in [0.15, 0.2) is 61.4 Å². The average molecular weight is 321 g/mol. The van der Waals surface area contributed by atoms with Crippen LogP contribution >= 0.6 is 0 Å². The first-order valence-electron chi connectivity index (χ1n) is 7.76. The zero-order valence-corrected chi connectivity index (χ0v) is 13.6. The number of carbonyl (C=O) groups excluding carboxylic acids is 2. The summed E-state index contributed by atoms with van der Waals surface area (Å²) in [5, 5.41) is 0. The Morgan fingerprint density at radius 2 is 2.12 bits per heavy atom. The predicted octanol–water partition coefficient (Wildman–Crippen LogP) is 2.31. The van der Waals surface area contributed by atoms with Crippen molar-refractivity contribution in [2.45, 2.75) is 19.1 Å². The summed E-state index contributed by atoms with van der Waals surface area (Å²) in [5.74, 6) is -0.349. The van der Waals surface area contributed by atoms with E-state index in [0.717, 1.165) is 16.7 Å². The molecule has 0 saturated heterocycles. The van der Waals surface area contributed by atoms with Crippen LogP contribution in [-0.2, 0) is 22.7 Å². The highest BCUT2D eigenvalue weighted by Gasteiger charge is 2.38. The lowest BCUT2D eigenvalue weighted by molar-refractivity contribution is -0.142. The normalized spacial score (nSPS) is 15.7. The largest absolute Gasteiger partial charge is 0.339 e. The Labute approximate surface area is 141 Å². The van der Waals surface area contributed by atoms with E-state index in [4.69, 9.17) is 0 Å². The highest BCUT2D eigenvalue weighted by molar-refractivity contribution is 5.94. The van der Waals surface area contributed by atoms with E-state index in [-0.39, 0.29) is 11.8 Å². The molecule has 1 unspecified atom stereocenters. The fourth-order valence-electron chi connectivity index (χ4n) is 3.03. The third kappa shape index (κ3) is 2.93. The summed E-state index contributed by atoms with van der Waals surface area (Å²) in [4.78, 5) is 32.5. The molecule has 0 aliphatic carbocycles. The molecule has 5 heteroatoms. The molecular weight excluding hydrogens is 302 g/mol. The number of aromatic nitrogens is 1. The van der Waals surface area contributed by atoms with Crippen LogP contribution in [0.1, 0.15) is 22.7 Å². The second-order valence-corrected chi connectivity index (χ2v) is 5.83. The minimum atomic E-state index is -0.603. The van der Waals surface area contributed by atoms with Gasteiger partial charge in [0.05, 0.1) is 0 Å². The monoisotopic (exact) mass is 321 g/mol. The molecule has 3 rings (SSSR count). The van der Waals surface area contributed by atoms with Gasteiger partial charge in [-0.05, 0) is 28.8 Å². The van der Waals surface area contributed by atoms with Crippen LogP contribution in [0.2, 0.25) is 0 Å². The molecule has 2 amide bonds. The van der Waals surface area contributed by atoms with Crippen molar-refractivity contribution in [2.75, 3.05) is 7.05 Å². The molecule has 122 valence electrons. The molecule has 0 radical (unpaired) electrons. The second kappa shape index (κ2) is 6.66. The Kier molecular flexibility index (Phi) is 4.42. The maximum atomic E-state index is 13.0. The number of benzene rings is 1. The van der Waals surface area contributed by atoms with Crippen LogP contribution in [0.4, 0.5) is 0 Å². The van der Waals surface area contributed by atoms with Crippen LogP contribution in [0.3, 0.4) is 0 Å².